The number of nitrogens with zero attached hydrogens (tertiary/aromatic N) is 3. The Kier molecular flexibility index (Phi) is 8.39. The van der Waals surface area contributed by atoms with E-state index in [0.29, 0.717) is 73.4 Å². The average molecular weight is 471 g/mol. The lowest BCUT2D eigenvalue weighted by Gasteiger charge is -2.34. The molecule has 1 aliphatic rings. The Morgan fingerprint density at radius 1 is 1.09 bits per heavy atom. The molecule has 0 aliphatic carbocycles. The molecule has 1 aliphatic heterocycles. The highest BCUT2D eigenvalue weighted by molar-refractivity contribution is 6.31. The van der Waals surface area contributed by atoms with Crippen LogP contribution in [0, 0.1) is 18.3 Å². The zero-order valence-electron chi connectivity index (χ0n) is 18.8. The number of urea groups is 1. The minimum absolute atomic E-state index is 0.0377. The van der Waals surface area contributed by atoms with Crippen LogP contribution in [0.1, 0.15) is 24.0 Å². The van der Waals surface area contributed by atoms with Gasteiger partial charge in [-0.25, -0.2) is 4.79 Å². The number of halogens is 1. The van der Waals surface area contributed by atoms with Crippen molar-refractivity contribution in [3.63, 3.8) is 0 Å². The van der Waals surface area contributed by atoms with Crippen molar-refractivity contribution in [2.24, 2.45) is 0 Å². The summed E-state index contributed by atoms with van der Waals surface area (Å²) in [5.41, 5.74) is 2.08. The fourth-order valence-corrected chi connectivity index (χ4v) is 3.63. The lowest BCUT2D eigenvalue weighted by Crippen LogP contribution is -2.51. The van der Waals surface area contributed by atoms with Crippen LogP contribution in [0.5, 0.6) is 11.5 Å². The summed E-state index contributed by atoms with van der Waals surface area (Å²) in [5.74, 6) is 1.07. The largest absolute Gasteiger partial charge is 0.493 e. The molecule has 8 nitrogen and oxygen atoms in total. The number of benzene rings is 2. The standard InChI is InChI=1S/C24H27ClN4O4/c1-17-5-7-19(15-20(17)25)27-24(31)29-11-9-28(10-12-29)23(30)4-3-13-33-21-8-6-18(16-26)14-22(21)32-2/h5-8,14-15H,3-4,9-13H2,1-2H3,(H,27,31). The molecule has 0 bridgehead atoms. The van der Waals surface area contributed by atoms with E-state index < -0.39 is 0 Å². The lowest BCUT2D eigenvalue weighted by molar-refractivity contribution is -0.132. The number of ether oxygens (including phenoxy) is 2. The van der Waals surface area contributed by atoms with Crippen molar-refractivity contribution in [1.29, 1.82) is 5.26 Å². The number of amides is 3. The minimum atomic E-state index is -0.202. The summed E-state index contributed by atoms with van der Waals surface area (Å²) < 4.78 is 11.0. The van der Waals surface area contributed by atoms with Crippen molar-refractivity contribution < 1.29 is 19.1 Å². The van der Waals surface area contributed by atoms with Gasteiger partial charge in [-0.15, -0.1) is 0 Å². The fraction of sp³-hybridized carbons (Fsp3) is 0.375. The highest BCUT2D eigenvalue weighted by Crippen LogP contribution is 2.28. The van der Waals surface area contributed by atoms with E-state index >= 15 is 0 Å². The molecule has 33 heavy (non-hydrogen) atoms. The van der Waals surface area contributed by atoms with Crippen LogP contribution in [-0.2, 0) is 4.79 Å². The maximum Gasteiger partial charge on any atom is 0.321 e. The monoisotopic (exact) mass is 470 g/mol. The Labute approximate surface area is 198 Å². The molecule has 0 radical (unpaired) electrons. The Morgan fingerprint density at radius 2 is 1.82 bits per heavy atom. The number of hydrogen-bond donors (Lipinski definition) is 1. The van der Waals surface area contributed by atoms with E-state index in [1.165, 1.54) is 7.11 Å². The summed E-state index contributed by atoms with van der Waals surface area (Å²) in [7, 11) is 1.52. The van der Waals surface area contributed by atoms with Crippen LogP contribution in [0.2, 0.25) is 5.02 Å². The summed E-state index contributed by atoms with van der Waals surface area (Å²) in [6, 6.07) is 12.2. The average Bonchev–Trinajstić information content (AvgIpc) is 2.84. The van der Waals surface area contributed by atoms with Crippen LogP contribution in [0.15, 0.2) is 36.4 Å². The van der Waals surface area contributed by atoms with Crippen LogP contribution >= 0.6 is 11.6 Å². The smallest absolute Gasteiger partial charge is 0.321 e. The molecule has 0 saturated carbocycles. The predicted octanol–water partition coefficient (Wildman–Crippen LogP) is 4.06. The lowest BCUT2D eigenvalue weighted by atomic mass is 10.2. The van der Waals surface area contributed by atoms with Gasteiger partial charge in [-0.3, -0.25) is 4.79 Å². The van der Waals surface area contributed by atoms with Gasteiger partial charge in [0.2, 0.25) is 5.91 Å². The summed E-state index contributed by atoms with van der Waals surface area (Å²) in [5, 5.41) is 12.4. The molecular formula is C24H27ClN4O4. The van der Waals surface area contributed by atoms with Gasteiger partial charge in [-0.1, -0.05) is 17.7 Å². The quantitative estimate of drug-likeness (QED) is 0.615. The molecule has 1 fully saturated rings. The summed E-state index contributed by atoms with van der Waals surface area (Å²) in [6.07, 6.45) is 0.906. The maximum absolute atomic E-state index is 12.5. The first-order chi connectivity index (χ1) is 15.9. The number of nitriles is 1. The van der Waals surface area contributed by atoms with Gasteiger partial charge in [0.1, 0.15) is 0 Å². The molecule has 0 unspecified atom stereocenters. The van der Waals surface area contributed by atoms with Crippen LogP contribution in [0.25, 0.3) is 0 Å². The van der Waals surface area contributed by atoms with E-state index in [4.69, 9.17) is 26.3 Å². The molecule has 0 aromatic heterocycles. The number of rotatable bonds is 7. The first-order valence-electron chi connectivity index (χ1n) is 10.7. The van der Waals surface area contributed by atoms with Gasteiger partial charge in [0.25, 0.3) is 0 Å². The summed E-state index contributed by atoms with van der Waals surface area (Å²) in [4.78, 5) is 28.5. The number of piperazine rings is 1. The maximum atomic E-state index is 12.5. The normalized spacial score (nSPS) is 13.3. The highest BCUT2D eigenvalue weighted by atomic mass is 35.5. The van der Waals surface area contributed by atoms with Gasteiger partial charge < -0.3 is 24.6 Å². The van der Waals surface area contributed by atoms with Crippen molar-refractivity contribution in [3.8, 4) is 17.6 Å². The third kappa shape index (κ3) is 6.53. The van der Waals surface area contributed by atoms with Crippen LogP contribution < -0.4 is 14.8 Å². The molecule has 174 valence electrons. The number of carbonyl (C=O) groups is 2. The van der Waals surface area contributed by atoms with Gasteiger partial charge in [-0.05, 0) is 43.2 Å². The van der Waals surface area contributed by atoms with Crippen LogP contribution in [-0.4, -0.2) is 61.6 Å². The molecular weight excluding hydrogens is 444 g/mol. The first kappa shape index (κ1) is 24.2. The fourth-order valence-electron chi connectivity index (χ4n) is 3.45. The molecule has 1 heterocycles. The Bertz CT molecular complexity index is 1050. The van der Waals surface area contributed by atoms with Gasteiger partial charge in [0.05, 0.1) is 25.3 Å². The van der Waals surface area contributed by atoms with Crippen LogP contribution in [0.3, 0.4) is 0 Å². The molecule has 1 N–H and O–H groups in total. The van der Waals surface area contributed by atoms with E-state index in [1.807, 2.05) is 19.1 Å². The molecule has 0 spiro atoms. The zero-order valence-corrected chi connectivity index (χ0v) is 19.5. The molecule has 3 amide bonds. The predicted molar refractivity (Wildman–Crippen MR) is 126 cm³/mol. The highest BCUT2D eigenvalue weighted by Gasteiger charge is 2.24. The Morgan fingerprint density at radius 3 is 2.48 bits per heavy atom. The second-order valence-corrected chi connectivity index (χ2v) is 8.10. The molecule has 2 aromatic carbocycles. The number of aryl methyl sites for hydroxylation is 1. The molecule has 1 saturated heterocycles. The number of hydrogen-bond acceptors (Lipinski definition) is 5. The molecule has 3 rings (SSSR count). The molecule has 9 heteroatoms. The molecule has 2 aromatic rings. The van der Waals surface area contributed by atoms with E-state index in [-0.39, 0.29) is 11.9 Å². The van der Waals surface area contributed by atoms with Crippen molar-refractivity contribution in [1.82, 2.24) is 9.80 Å². The number of carbonyl (C=O) groups excluding carboxylic acids is 2. The van der Waals surface area contributed by atoms with Crippen molar-refractivity contribution in [2.45, 2.75) is 19.8 Å². The van der Waals surface area contributed by atoms with Gasteiger partial charge in [0.15, 0.2) is 11.5 Å². The van der Waals surface area contributed by atoms with Crippen molar-refractivity contribution in [3.05, 3.63) is 52.5 Å². The van der Waals surface area contributed by atoms with Crippen molar-refractivity contribution in [2.75, 3.05) is 45.2 Å². The van der Waals surface area contributed by atoms with E-state index in [2.05, 4.69) is 11.4 Å². The van der Waals surface area contributed by atoms with E-state index in [9.17, 15) is 9.59 Å². The third-order valence-corrected chi connectivity index (χ3v) is 5.84. The number of nitrogens with one attached hydrogen (secondary N) is 1. The zero-order chi connectivity index (χ0) is 23.8. The number of anilines is 1. The SMILES string of the molecule is COc1cc(C#N)ccc1OCCCC(=O)N1CCN(C(=O)Nc2ccc(C)c(Cl)c2)CC1. The summed E-state index contributed by atoms with van der Waals surface area (Å²) in [6.45, 7) is 4.18. The van der Waals surface area contributed by atoms with E-state index in [0.717, 1.165) is 5.56 Å². The first-order valence-corrected chi connectivity index (χ1v) is 11.1. The topological polar surface area (TPSA) is 94.9 Å². The van der Waals surface area contributed by atoms with E-state index in [1.54, 1.807) is 34.1 Å². The second-order valence-electron chi connectivity index (χ2n) is 7.69. The van der Waals surface area contributed by atoms with Gasteiger partial charge in [-0.2, -0.15) is 5.26 Å². The minimum Gasteiger partial charge on any atom is -0.493 e. The van der Waals surface area contributed by atoms with Crippen LogP contribution in [0.4, 0.5) is 10.5 Å². The van der Waals surface area contributed by atoms with Gasteiger partial charge in [0, 0.05) is 49.4 Å². The number of methoxy groups -OCH3 is 1. The van der Waals surface area contributed by atoms with Gasteiger partial charge >= 0.3 is 6.03 Å². The Balaban J connectivity index is 1.39. The Hall–Kier alpha value is -3.44. The third-order valence-electron chi connectivity index (χ3n) is 5.43. The second kappa shape index (κ2) is 11.4. The summed E-state index contributed by atoms with van der Waals surface area (Å²) >= 11 is 6.12. The van der Waals surface area contributed by atoms with Crippen molar-refractivity contribution >= 4 is 29.2 Å². The molecule has 0 atom stereocenters.